The Morgan fingerprint density at radius 1 is 1.33 bits per heavy atom. The van der Waals surface area contributed by atoms with E-state index in [-0.39, 0.29) is 17.1 Å². The van der Waals surface area contributed by atoms with Crippen molar-refractivity contribution in [1.82, 2.24) is 0 Å². The van der Waals surface area contributed by atoms with Crippen molar-refractivity contribution >= 4 is 9.84 Å². The molecule has 1 heterocycles. The van der Waals surface area contributed by atoms with Crippen LogP contribution in [0.4, 0.5) is 4.39 Å². The van der Waals surface area contributed by atoms with E-state index in [0.29, 0.717) is 0 Å². The Balaban J connectivity index is 2.19. The molecule has 0 spiro atoms. The zero-order valence-electron chi connectivity index (χ0n) is 8.18. The molecule has 0 N–H and O–H groups in total. The Morgan fingerprint density at radius 3 is 2.33 bits per heavy atom. The molecule has 82 valence electrons. The summed E-state index contributed by atoms with van der Waals surface area (Å²) in [5.74, 6) is 0. The molecular weight excluding hydrogens is 219 g/mol. The fraction of sp³-hybridized carbons (Fsp3) is 0.400. The van der Waals surface area contributed by atoms with E-state index in [1.165, 1.54) is 12.1 Å². The Kier molecular flexibility index (Phi) is 2.52. The molecule has 1 saturated heterocycles. The van der Waals surface area contributed by atoms with Crippen molar-refractivity contribution in [2.45, 2.75) is 17.1 Å². The van der Waals surface area contributed by atoms with Gasteiger partial charge in [-0.3, -0.25) is 0 Å². The van der Waals surface area contributed by atoms with Gasteiger partial charge in [0.25, 0.3) is 0 Å². The monoisotopic (exact) mass is 230 g/mol. The van der Waals surface area contributed by atoms with Crippen molar-refractivity contribution in [2.24, 2.45) is 0 Å². The zero-order valence-corrected chi connectivity index (χ0v) is 9.00. The Morgan fingerprint density at radius 2 is 1.93 bits per heavy atom. The fourth-order valence-electron chi connectivity index (χ4n) is 1.46. The molecule has 1 aromatic carbocycles. The second-order valence-corrected chi connectivity index (χ2v) is 5.61. The highest BCUT2D eigenvalue weighted by atomic mass is 32.2. The molecule has 3 nitrogen and oxygen atoms in total. The van der Waals surface area contributed by atoms with Crippen LogP contribution in [-0.4, -0.2) is 27.5 Å². The number of hydrogen-bond donors (Lipinski definition) is 0. The van der Waals surface area contributed by atoms with E-state index in [0.717, 1.165) is 11.8 Å². The average Bonchev–Trinajstić information content (AvgIpc) is 2.95. The lowest BCUT2D eigenvalue weighted by Crippen LogP contribution is -1.97. The maximum absolute atomic E-state index is 12.2. The third-order valence-corrected chi connectivity index (χ3v) is 3.50. The van der Waals surface area contributed by atoms with E-state index in [2.05, 4.69) is 0 Å². The van der Waals surface area contributed by atoms with E-state index in [1.807, 2.05) is 0 Å². The second kappa shape index (κ2) is 3.57. The van der Waals surface area contributed by atoms with Gasteiger partial charge in [-0.2, -0.15) is 0 Å². The first kappa shape index (κ1) is 10.6. The molecule has 0 saturated carbocycles. The molecule has 1 aromatic rings. The topological polar surface area (TPSA) is 46.7 Å². The van der Waals surface area contributed by atoms with Crippen LogP contribution < -0.4 is 0 Å². The van der Waals surface area contributed by atoms with Crippen LogP contribution in [0.5, 0.6) is 0 Å². The molecule has 2 rings (SSSR count). The van der Waals surface area contributed by atoms with Crippen molar-refractivity contribution in [3.8, 4) is 0 Å². The Hall–Kier alpha value is -0.940. The van der Waals surface area contributed by atoms with Gasteiger partial charge >= 0.3 is 0 Å². The van der Waals surface area contributed by atoms with Gasteiger partial charge in [0.15, 0.2) is 9.84 Å². The summed E-state index contributed by atoms with van der Waals surface area (Å²) in [6.07, 6.45) is 0.595. The number of halogens is 1. The first-order valence-corrected chi connectivity index (χ1v) is 6.43. The number of ether oxygens (including phenoxy) is 1. The first-order valence-electron chi connectivity index (χ1n) is 4.54. The average molecular weight is 230 g/mol. The van der Waals surface area contributed by atoms with Crippen LogP contribution in [0.2, 0.25) is 0 Å². The van der Waals surface area contributed by atoms with Gasteiger partial charge in [0, 0.05) is 6.26 Å². The van der Waals surface area contributed by atoms with Gasteiger partial charge in [-0.25, -0.2) is 12.8 Å². The van der Waals surface area contributed by atoms with Crippen molar-refractivity contribution in [3.05, 3.63) is 29.8 Å². The van der Waals surface area contributed by atoms with Crippen LogP contribution in [0.15, 0.2) is 29.2 Å². The highest BCUT2D eigenvalue weighted by Crippen LogP contribution is 2.38. The largest absolute Gasteiger partial charge is 0.362 e. The summed E-state index contributed by atoms with van der Waals surface area (Å²) in [6.45, 7) is -0.501. The maximum Gasteiger partial charge on any atom is 0.175 e. The van der Waals surface area contributed by atoms with Crippen LogP contribution in [0.25, 0.3) is 0 Å². The second-order valence-electron chi connectivity index (χ2n) is 3.59. The molecule has 1 aliphatic rings. The molecule has 2 unspecified atom stereocenters. The van der Waals surface area contributed by atoms with E-state index in [1.54, 1.807) is 12.1 Å². The standard InChI is InChI=1S/C10H11FO3S/c1-15(12,13)8-4-2-7(3-5-8)10-9(6-11)14-10/h2-5,9-10H,6H2,1H3. The molecule has 15 heavy (non-hydrogen) atoms. The minimum Gasteiger partial charge on any atom is -0.362 e. The van der Waals surface area contributed by atoms with E-state index < -0.39 is 16.5 Å². The number of sulfone groups is 1. The molecule has 0 aliphatic carbocycles. The minimum atomic E-state index is -3.16. The molecular formula is C10H11FO3S. The zero-order chi connectivity index (χ0) is 11.1. The third-order valence-electron chi connectivity index (χ3n) is 2.37. The molecule has 0 aromatic heterocycles. The molecule has 1 aliphatic heterocycles. The highest BCUT2D eigenvalue weighted by molar-refractivity contribution is 7.90. The highest BCUT2D eigenvalue weighted by Gasteiger charge is 2.40. The number of hydrogen-bond acceptors (Lipinski definition) is 3. The third kappa shape index (κ3) is 2.18. The Labute approximate surface area is 87.8 Å². The smallest absolute Gasteiger partial charge is 0.175 e. The fourth-order valence-corrected chi connectivity index (χ4v) is 2.09. The number of benzene rings is 1. The van der Waals surface area contributed by atoms with Crippen LogP contribution in [-0.2, 0) is 14.6 Å². The molecule has 5 heteroatoms. The number of rotatable bonds is 3. The molecule has 1 fully saturated rings. The van der Waals surface area contributed by atoms with Crippen molar-refractivity contribution in [2.75, 3.05) is 12.9 Å². The van der Waals surface area contributed by atoms with E-state index in [9.17, 15) is 12.8 Å². The molecule has 0 radical (unpaired) electrons. The van der Waals surface area contributed by atoms with Crippen LogP contribution in [0, 0.1) is 0 Å². The van der Waals surface area contributed by atoms with Gasteiger partial charge in [0.2, 0.25) is 0 Å². The van der Waals surface area contributed by atoms with Gasteiger partial charge in [0.1, 0.15) is 18.9 Å². The summed E-state index contributed by atoms with van der Waals surface area (Å²) in [7, 11) is -3.16. The quantitative estimate of drug-likeness (QED) is 0.739. The van der Waals surface area contributed by atoms with Crippen molar-refractivity contribution < 1.29 is 17.5 Å². The summed E-state index contributed by atoms with van der Waals surface area (Å²) in [5.41, 5.74) is 0.824. The van der Waals surface area contributed by atoms with Gasteiger partial charge < -0.3 is 4.74 Å². The summed E-state index contributed by atoms with van der Waals surface area (Å²) < 4.78 is 39.5. The predicted octanol–water partition coefficient (Wildman–Crippen LogP) is 1.50. The first-order chi connectivity index (χ1) is 7.02. The van der Waals surface area contributed by atoms with Gasteiger partial charge in [-0.1, -0.05) is 12.1 Å². The van der Waals surface area contributed by atoms with Crippen molar-refractivity contribution in [3.63, 3.8) is 0 Å². The van der Waals surface area contributed by atoms with Gasteiger partial charge in [0.05, 0.1) is 4.90 Å². The van der Waals surface area contributed by atoms with E-state index >= 15 is 0 Å². The van der Waals surface area contributed by atoms with Crippen LogP contribution >= 0.6 is 0 Å². The summed E-state index contributed by atoms with van der Waals surface area (Å²) in [5, 5.41) is 0. The van der Waals surface area contributed by atoms with Crippen molar-refractivity contribution in [1.29, 1.82) is 0 Å². The lowest BCUT2D eigenvalue weighted by Gasteiger charge is -1.99. The normalized spacial score (nSPS) is 25.2. The predicted molar refractivity (Wildman–Crippen MR) is 53.1 cm³/mol. The van der Waals surface area contributed by atoms with E-state index in [4.69, 9.17) is 4.74 Å². The van der Waals surface area contributed by atoms with Crippen LogP contribution in [0.3, 0.4) is 0 Å². The summed E-state index contributed by atoms with van der Waals surface area (Å²) in [4.78, 5) is 0.267. The molecule has 0 amide bonds. The van der Waals surface area contributed by atoms with Crippen LogP contribution in [0.1, 0.15) is 11.7 Å². The Bertz CT molecular complexity index is 452. The SMILES string of the molecule is CS(=O)(=O)c1ccc(C2OC2CF)cc1. The maximum atomic E-state index is 12.2. The summed E-state index contributed by atoms with van der Waals surface area (Å²) >= 11 is 0. The lowest BCUT2D eigenvalue weighted by molar-refractivity contribution is 0.331. The van der Waals surface area contributed by atoms with Gasteiger partial charge in [-0.15, -0.1) is 0 Å². The molecule has 2 atom stereocenters. The van der Waals surface area contributed by atoms with Gasteiger partial charge in [-0.05, 0) is 17.7 Å². The minimum absolute atomic E-state index is 0.205. The molecule has 0 bridgehead atoms. The lowest BCUT2D eigenvalue weighted by atomic mass is 10.1. The number of alkyl halides is 1. The summed E-state index contributed by atoms with van der Waals surface area (Å²) in [6, 6.07) is 6.36. The number of epoxide rings is 1.